The number of fused-ring (bicyclic) bond motifs is 2. The zero-order valence-electron chi connectivity index (χ0n) is 20.7. The van der Waals surface area contributed by atoms with Crippen LogP contribution in [0.15, 0.2) is 71.9 Å². The number of carbonyl (C=O) groups is 4. The van der Waals surface area contributed by atoms with E-state index < -0.39 is 23.8 Å². The van der Waals surface area contributed by atoms with Crippen LogP contribution in [-0.4, -0.2) is 54.7 Å². The van der Waals surface area contributed by atoms with Crippen LogP contribution < -0.4 is 26.0 Å². The lowest BCUT2D eigenvalue weighted by Crippen LogP contribution is -2.50. The Bertz CT molecular complexity index is 1450. The van der Waals surface area contributed by atoms with Gasteiger partial charge in [-0.1, -0.05) is 36.4 Å². The van der Waals surface area contributed by atoms with Gasteiger partial charge in [0.2, 0.25) is 17.6 Å². The van der Waals surface area contributed by atoms with Crippen LogP contribution in [0.25, 0.3) is 10.9 Å². The highest BCUT2D eigenvalue weighted by Crippen LogP contribution is 2.31. The SMILES string of the molecule is COc1ccc(CNC2=C3CNC(=O)[C@@H]3C[C@H](NC(=O)CNC(=O)c3ccc4ccccc4n3)C2=O)cc1. The number of benzene rings is 2. The fourth-order valence-electron chi connectivity index (χ4n) is 4.72. The van der Waals surface area contributed by atoms with E-state index in [4.69, 9.17) is 4.74 Å². The van der Waals surface area contributed by atoms with Crippen molar-refractivity contribution in [1.29, 1.82) is 0 Å². The molecular formula is C28H27N5O5. The molecule has 1 aromatic heterocycles. The first-order valence-corrected chi connectivity index (χ1v) is 12.3. The number of carbonyl (C=O) groups excluding carboxylic acids is 4. The molecule has 0 spiro atoms. The number of para-hydroxylation sites is 1. The Kier molecular flexibility index (Phi) is 7.03. The van der Waals surface area contributed by atoms with E-state index in [2.05, 4.69) is 26.3 Å². The van der Waals surface area contributed by atoms with Crippen LogP contribution in [0.4, 0.5) is 0 Å². The molecule has 3 aromatic rings. The molecule has 10 heteroatoms. The van der Waals surface area contributed by atoms with Crippen LogP contribution in [0.1, 0.15) is 22.5 Å². The number of nitrogens with zero attached hydrogens (tertiary/aromatic N) is 1. The summed E-state index contributed by atoms with van der Waals surface area (Å²) in [5.74, 6) is -1.29. The molecule has 2 heterocycles. The summed E-state index contributed by atoms with van der Waals surface area (Å²) in [4.78, 5) is 55.3. The third kappa shape index (κ3) is 5.19. The highest BCUT2D eigenvalue weighted by molar-refractivity contribution is 6.05. The number of hydrogen-bond donors (Lipinski definition) is 4. The number of ketones is 1. The molecule has 0 radical (unpaired) electrons. The molecule has 0 bridgehead atoms. The summed E-state index contributed by atoms with van der Waals surface area (Å²) in [7, 11) is 1.59. The van der Waals surface area contributed by atoms with Crippen molar-refractivity contribution in [3.05, 3.63) is 83.2 Å². The number of Topliss-reactive ketones (excluding diaryl/α,β-unsaturated/α-hetero) is 1. The van der Waals surface area contributed by atoms with Crippen molar-refractivity contribution < 1.29 is 23.9 Å². The molecule has 4 N–H and O–H groups in total. The van der Waals surface area contributed by atoms with Gasteiger partial charge in [0, 0.05) is 18.5 Å². The van der Waals surface area contributed by atoms with E-state index in [0.29, 0.717) is 23.3 Å². The topological polar surface area (TPSA) is 139 Å². The summed E-state index contributed by atoms with van der Waals surface area (Å²) in [6, 6.07) is 17.3. The molecule has 38 heavy (non-hydrogen) atoms. The van der Waals surface area contributed by atoms with E-state index in [0.717, 1.165) is 16.7 Å². The van der Waals surface area contributed by atoms with Crippen LogP contribution in [0.5, 0.6) is 5.75 Å². The average Bonchev–Trinajstić information content (AvgIpc) is 3.31. The van der Waals surface area contributed by atoms with E-state index in [1.165, 1.54) is 0 Å². The van der Waals surface area contributed by atoms with Gasteiger partial charge in [-0.05, 0) is 41.8 Å². The van der Waals surface area contributed by atoms with Gasteiger partial charge >= 0.3 is 0 Å². The van der Waals surface area contributed by atoms with Crippen LogP contribution in [0, 0.1) is 5.92 Å². The lowest BCUT2D eigenvalue weighted by Gasteiger charge is -2.29. The fourth-order valence-corrected chi connectivity index (χ4v) is 4.72. The maximum atomic E-state index is 13.3. The Hall–Kier alpha value is -4.73. The number of hydrogen-bond acceptors (Lipinski definition) is 7. The van der Waals surface area contributed by atoms with Gasteiger partial charge in [-0.2, -0.15) is 0 Å². The van der Waals surface area contributed by atoms with Gasteiger partial charge in [0.25, 0.3) is 5.91 Å². The van der Waals surface area contributed by atoms with Gasteiger partial charge in [-0.3, -0.25) is 19.2 Å². The second-order valence-corrected chi connectivity index (χ2v) is 9.16. The number of nitrogens with one attached hydrogen (secondary N) is 4. The molecule has 1 saturated heterocycles. The van der Waals surface area contributed by atoms with Crippen molar-refractivity contribution in [1.82, 2.24) is 26.3 Å². The molecule has 10 nitrogen and oxygen atoms in total. The molecule has 2 atom stereocenters. The first kappa shape index (κ1) is 24.9. The van der Waals surface area contributed by atoms with Crippen molar-refractivity contribution in [3.8, 4) is 5.75 Å². The standard InChI is InChI=1S/C28H27N5O5/c1-38-18-9-6-16(7-10-18)13-29-25-20-14-30-27(36)19(20)12-23(26(25)35)33-24(34)15-31-28(37)22-11-8-17-4-2-3-5-21(17)32-22/h2-11,19,23,29H,12-15H2,1H3,(H,30,36)(H,31,37)(H,33,34)/t19-,23+/m1/s1. The predicted molar refractivity (Wildman–Crippen MR) is 139 cm³/mol. The monoisotopic (exact) mass is 513 g/mol. The zero-order valence-corrected chi connectivity index (χ0v) is 20.7. The second kappa shape index (κ2) is 10.7. The first-order valence-electron chi connectivity index (χ1n) is 12.3. The minimum atomic E-state index is -0.894. The van der Waals surface area contributed by atoms with E-state index in [-0.39, 0.29) is 36.9 Å². The number of amides is 3. The molecular weight excluding hydrogens is 486 g/mol. The second-order valence-electron chi connectivity index (χ2n) is 9.16. The van der Waals surface area contributed by atoms with Crippen molar-refractivity contribution in [2.24, 2.45) is 5.92 Å². The van der Waals surface area contributed by atoms with E-state index in [1.807, 2.05) is 42.5 Å². The van der Waals surface area contributed by atoms with Crippen molar-refractivity contribution >= 4 is 34.4 Å². The van der Waals surface area contributed by atoms with Crippen molar-refractivity contribution in [3.63, 3.8) is 0 Å². The van der Waals surface area contributed by atoms with E-state index in [1.54, 1.807) is 25.3 Å². The van der Waals surface area contributed by atoms with Crippen molar-refractivity contribution in [2.45, 2.75) is 19.0 Å². The quantitative estimate of drug-likeness (QED) is 0.355. The van der Waals surface area contributed by atoms with Gasteiger partial charge in [0.1, 0.15) is 11.4 Å². The molecule has 2 aliphatic rings. The Labute approximate surface area is 218 Å². The maximum Gasteiger partial charge on any atom is 0.270 e. The van der Waals surface area contributed by atoms with Gasteiger partial charge in [0.05, 0.1) is 36.8 Å². The summed E-state index contributed by atoms with van der Waals surface area (Å²) < 4.78 is 5.18. The predicted octanol–water partition coefficient (Wildman–Crippen LogP) is 1.22. The molecule has 1 aliphatic heterocycles. The summed E-state index contributed by atoms with van der Waals surface area (Å²) >= 11 is 0. The first-order chi connectivity index (χ1) is 18.4. The summed E-state index contributed by atoms with van der Waals surface area (Å²) in [6.45, 7) is 0.319. The van der Waals surface area contributed by atoms with Gasteiger partial charge in [-0.25, -0.2) is 4.98 Å². The average molecular weight is 514 g/mol. The fraction of sp³-hybridized carbons (Fsp3) is 0.250. The number of methoxy groups -OCH3 is 1. The third-order valence-electron chi connectivity index (χ3n) is 6.75. The molecule has 2 aromatic carbocycles. The Balaban J connectivity index is 1.22. The lowest BCUT2D eigenvalue weighted by molar-refractivity contribution is -0.128. The van der Waals surface area contributed by atoms with Gasteiger partial charge < -0.3 is 26.0 Å². The minimum Gasteiger partial charge on any atom is -0.497 e. The molecule has 194 valence electrons. The normalized spacial score (nSPS) is 18.6. The highest BCUT2D eigenvalue weighted by Gasteiger charge is 2.42. The molecule has 3 amide bonds. The summed E-state index contributed by atoms with van der Waals surface area (Å²) in [5.41, 5.74) is 2.83. The maximum absolute atomic E-state index is 13.3. The smallest absolute Gasteiger partial charge is 0.270 e. The van der Waals surface area contributed by atoms with Crippen LogP contribution in [0.3, 0.4) is 0 Å². The van der Waals surface area contributed by atoms with Crippen LogP contribution >= 0.6 is 0 Å². The van der Waals surface area contributed by atoms with Gasteiger partial charge in [-0.15, -0.1) is 0 Å². The Morgan fingerprint density at radius 1 is 1.05 bits per heavy atom. The summed E-state index contributed by atoms with van der Waals surface area (Å²) in [5, 5.41) is 12.1. The molecule has 0 unspecified atom stereocenters. The third-order valence-corrected chi connectivity index (χ3v) is 6.75. The van der Waals surface area contributed by atoms with Crippen LogP contribution in [-0.2, 0) is 20.9 Å². The number of aromatic nitrogens is 1. The number of ether oxygens (including phenoxy) is 1. The molecule has 0 saturated carbocycles. The Morgan fingerprint density at radius 3 is 2.63 bits per heavy atom. The van der Waals surface area contributed by atoms with Gasteiger partial charge in [0.15, 0.2) is 0 Å². The lowest BCUT2D eigenvalue weighted by atomic mass is 9.83. The largest absolute Gasteiger partial charge is 0.497 e. The Morgan fingerprint density at radius 2 is 1.84 bits per heavy atom. The van der Waals surface area contributed by atoms with E-state index >= 15 is 0 Å². The number of rotatable bonds is 8. The minimum absolute atomic E-state index is 0.166. The summed E-state index contributed by atoms with van der Waals surface area (Å²) in [6.07, 6.45) is 0.166. The number of pyridine rings is 1. The highest BCUT2D eigenvalue weighted by atomic mass is 16.5. The molecule has 1 fully saturated rings. The van der Waals surface area contributed by atoms with E-state index in [9.17, 15) is 19.2 Å². The molecule has 1 aliphatic carbocycles. The zero-order chi connectivity index (χ0) is 26.6. The molecule has 5 rings (SSSR count). The van der Waals surface area contributed by atoms with Crippen LogP contribution in [0.2, 0.25) is 0 Å². The van der Waals surface area contributed by atoms with Crippen molar-refractivity contribution in [2.75, 3.05) is 20.2 Å².